The summed E-state index contributed by atoms with van der Waals surface area (Å²) in [7, 11) is -3.51. The fraction of sp³-hybridized carbons (Fsp3) is 0.429. The van der Waals surface area contributed by atoms with Crippen LogP contribution >= 0.6 is 0 Å². The highest BCUT2D eigenvalue weighted by Gasteiger charge is 2.22. The summed E-state index contributed by atoms with van der Waals surface area (Å²) >= 11 is 0. The van der Waals surface area contributed by atoms with Crippen LogP contribution < -0.4 is 9.46 Å². The van der Waals surface area contributed by atoms with Crippen molar-refractivity contribution < 1.29 is 21.9 Å². The quantitative estimate of drug-likeness (QED) is 0.701. The van der Waals surface area contributed by atoms with Gasteiger partial charge >= 0.3 is 6.61 Å². The third kappa shape index (κ3) is 6.48. The van der Waals surface area contributed by atoms with Gasteiger partial charge in [-0.15, -0.1) is 0 Å². The third-order valence-electron chi connectivity index (χ3n) is 5.05. The highest BCUT2D eigenvalue weighted by molar-refractivity contribution is 7.89. The molecule has 158 valence electrons. The summed E-state index contributed by atoms with van der Waals surface area (Å²) in [4.78, 5) is 2.54. The molecule has 0 radical (unpaired) electrons. The van der Waals surface area contributed by atoms with Crippen molar-refractivity contribution in [3.8, 4) is 5.75 Å². The first-order valence-electron chi connectivity index (χ1n) is 9.64. The summed E-state index contributed by atoms with van der Waals surface area (Å²) in [5.74, 6) is 0.371. The SMILES string of the molecule is Cc1ccc(S(=O)(=O)NCC2CCCN(Cc3ccc(OC(F)F)cc3)C2)cc1. The number of halogens is 2. The predicted octanol–water partition coefficient (Wildman–Crippen LogP) is 3.79. The number of nitrogens with zero attached hydrogens (tertiary/aromatic N) is 1. The van der Waals surface area contributed by atoms with Crippen LogP contribution in [-0.4, -0.2) is 39.6 Å². The van der Waals surface area contributed by atoms with Gasteiger partial charge in [0, 0.05) is 19.6 Å². The van der Waals surface area contributed by atoms with Gasteiger partial charge in [0.15, 0.2) is 0 Å². The molecule has 1 heterocycles. The number of sulfonamides is 1. The van der Waals surface area contributed by atoms with Crippen LogP contribution in [0.2, 0.25) is 0 Å². The van der Waals surface area contributed by atoms with Crippen molar-refractivity contribution >= 4 is 10.0 Å². The second kappa shape index (κ2) is 9.65. The highest BCUT2D eigenvalue weighted by atomic mass is 32.2. The molecule has 1 aliphatic rings. The molecule has 2 aromatic rings. The zero-order chi connectivity index (χ0) is 20.9. The number of ether oxygens (including phenoxy) is 1. The topological polar surface area (TPSA) is 58.6 Å². The van der Waals surface area contributed by atoms with Crippen molar-refractivity contribution in [1.82, 2.24) is 9.62 Å². The number of likely N-dealkylation sites (tertiary alicyclic amines) is 1. The summed E-state index contributed by atoms with van der Waals surface area (Å²) in [5, 5.41) is 0. The zero-order valence-corrected chi connectivity index (χ0v) is 17.2. The minimum Gasteiger partial charge on any atom is -0.435 e. The van der Waals surface area contributed by atoms with E-state index in [-0.39, 0.29) is 16.6 Å². The number of hydrogen-bond acceptors (Lipinski definition) is 4. The fourth-order valence-electron chi connectivity index (χ4n) is 3.52. The molecule has 1 saturated heterocycles. The monoisotopic (exact) mass is 424 g/mol. The zero-order valence-electron chi connectivity index (χ0n) is 16.4. The first-order valence-corrected chi connectivity index (χ1v) is 11.1. The van der Waals surface area contributed by atoms with E-state index in [0.29, 0.717) is 13.1 Å². The van der Waals surface area contributed by atoms with E-state index in [9.17, 15) is 17.2 Å². The Hall–Kier alpha value is -2.03. The van der Waals surface area contributed by atoms with Gasteiger partial charge < -0.3 is 4.74 Å². The van der Waals surface area contributed by atoms with Crippen molar-refractivity contribution in [2.75, 3.05) is 19.6 Å². The normalized spacial score (nSPS) is 18.1. The van der Waals surface area contributed by atoms with Gasteiger partial charge in [0.05, 0.1) is 4.90 Å². The van der Waals surface area contributed by atoms with Gasteiger partial charge in [-0.3, -0.25) is 4.90 Å². The van der Waals surface area contributed by atoms with Gasteiger partial charge in [0.25, 0.3) is 0 Å². The highest BCUT2D eigenvalue weighted by Crippen LogP contribution is 2.21. The van der Waals surface area contributed by atoms with E-state index < -0.39 is 16.6 Å². The molecule has 0 spiro atoms. The lowest BCUT2D eigenvalue weighted by Gasteiger charge is -2.32. The van der Waals surface area contributed by atoms with Gasteiger partial charge in [-0.05, 0) is 62.1 Å². The Morgan fingerprint density at radius 1 is 1.14 bits per heavy atom. The van der Waals surface area contributed by atoms with Gasteiger partial charge in [0.1, 0.15) is 5.75 Å². The summed E-state index contributed by atoms with van der Waals surface area (Å²) in [6.45, 7) is 1.89. The van der Waals surface area contributed by atoms with Crippen LogP contribution in [0, 0.1) is 12.8 Å². The average Bonchev–Trinajstić information content (AvgIpc) is 2.68. The number of alkyl halides is 2. The third-order valence-corrected chi connectivity index (χ3v) is 6.49. The molecule has 0 aliphatic carbocycles. The van der Waals surface area contributed by atoms with Gasteiger partial charge in [-0.2, -0.15) is 8.78 Å². The Morgan fingerprint density at radius 2 is 1.83 bits per heavy atom. The van der Waals surface area contributed by atoms with Crippen LogP contribution in [0.3, 0.4) is 0 Å². The van der Waals surface area contributed by atoms with Gasteiger partial charge in [-0.1, -0.05) is 29.8 Å². The first-order chi connectivity index (χ1) is 13.8. The molecule has 3 rings (SSSR count). The minimum atomic E-state index is -3.51. The molecule has 1 fully saturated rings. The van der Waals surface area contributed by atoms with Crippen LogP contribution in [0.15, 0.2) is 53.4 Å². The Kier molecular flexibility index (Phi) is 7.21. The maximum atomic E-state index is 12.5. The molecule has 5 nitrogen and oxygen atoms in total. The number of rotatable bonds is 8. The number of piperidine rings is 1. The second-order valence-electron chi connectivity index (χ2n) is 7.43. The summed E-state index contributed by atoms with van der Waals surface area (Å²) in [6.07, 6.45) is 1.96. The Balaban J connectivity index is 1.52. The van der Waals surface area contributed by atoms with E-state index >= 15 is 0 Å². The second-order valence-corrected chi connectivity index (χ2v) is 9.20. The molecule has 1 atom stereocenters. The Morgan fingerprint density at radius 3 is 2.48 bits per heavy atom. The smallest absolute Gasteiger partial charge is 0.387 e. The lowest BCUT2D eigenvalue weighted by molar-refractivity contribution is -0.0498. The van der Waals surface area contributed by atoms with Crippen LogP contribution in [0.4, 0.5) is 8.78 Å². The number of aryl methyl sites for hydroxylation is 1. The van der Waals surface area contributed by atoms with Crippen molar-refractivity contribution in [2.24, 2.45) is 5.92 Å². The molecule has 1 N–H and O–H groups in total. The van der Waals surface area contributed by atoms with Gasteiger partial charge in [-0.25, -0.2) is 13.1 Å². The maximum Gasteiger partial charge on any atom is 0.387 e. The van der Waals surface area contributed by atoms with Crippen LogP contribution in [0.25, 0.3) is 0 Å². The molecular formula is C21H26F2N2O3S. The predicted molar refractivity (Wildman–Crippen MR) is 107 cm³/mol. The van der Waals surface area contributed by atoms with E-state index in [0.717, 1.165) is 37.1 Å². The van der Waals surface area contributed by atoms with E-state index in [1.807, 2.05) is 6.92 Å². The largest absolute Gasteiger partial charge is 0.435 e. The summed E-state index contributed by atoms with van der Waals surface area (Å²) < 4.78 is 56.5. The van der Waals surface area contributed by atoms with E-state index in [4.69, 9.17) is 0 Å². The molecule has 0 aromatic heterocycles. The van der Waals surface area contributed by atoms with Crippen LogP contribution in [-0.2, 0) is 16.6 Å². The van der Waals surface area contributed by atoms with Crippen molar-refractivity contribution in [3.63, 3.8) is 0 Å². The molecule has 2 aromatic carbocycles. The summed E-state index contributed by atoms with van der Waals surface area (Å²) in [6, 6.07) is 13.4. The van der Waals surface area contributed by atoms with E-state index in [2.05, 4.69) is 14.4 Å². The Bertz CT molecular complexity index is 887. The number of benzene rings is 2. The molecule has 0 saturated carbocycles. The van der Waals surface area contributed by atoms with Crippen LogP contribution in [0.5, 0.6) is 5.75 Å². The van der Waals surface area contributed by atoms with Crippen molar-refractivity contribution in [3.05, 3.63) is 59.7 Å². The molecule has 29 heavy (non-hydrogen) atoms. The average molecular weight is 425 g/mol. The fourth-order valence-corrected chi connectivity index (χ4v) is 4.64. The first kappa shape index (κ1) is 21.7. The molecule has 0 amide bonds. The molecule has 1 unspecified atom stereocenters. The lowest BCUT2D eigenvalue weighted by Crippen LogP contribution is -2.40. The molecule has 8 heteroatoms. The lowest BCUT2D eigenvalue weighted by atomic mass is 9.98. The Labute approximate surface area is 170 Å². The maximum absolute atomic E-state index is 12.5. The number of hydrogen-bond donors (Lipinski definition) is 1. The molecule has 1 aliphatic heterocycles. The molecule has 0 bridgehead atoms. The van der Waals surface area contributed by atoms with Crippen molar-refractivity contribution in [1.29, 1.82) is 0 Å². The summed E-state index contributed by atoms with van der Waals surface area (Å²) in [5.41, 5.74) is 2.02. The standard InChI is InChI=1S/C21H26F2N2O3S/c1-16-4-10-20(11-5-16)29(26,27)24-13-18-3-2-12-25(15-18)14-17-6-8-19(9-7-17)28-21(22)23/h4-11,18,21,24H,2-3,12-15H2,1H3. The number of nitrogens with one attached hydrogen (secondary N) is 1. The van der Waals surface area contributed by atoms with Gasteiger partial charge in [0.2, 0.25) is 10.0 Å². The van der Waals surface area contributed by atoms with Crippen molar-refractivity contribution in [2.45, 2.75) is 37.8 Å². The van der Waals surface area contributed by atoms with E-state index in [1.165, 1.54) is 0 Å². The van der Waals surface area contributed by atoms with Crippen LogP contribution in [0.1, 0.15) is 24.0 Å². The van der Waals surface area contributed by atoms with E-state index in [1.54, 1.807) is 48.5 Å². The minimum absolute atomic E-state index is 0.144. The molecular weight excluding hydrogens is 398 g/mol.